The Kier molecular flexibility index (Phi) is 7.88. The summed E-state index contributed by atoms with van der Waals surface area (Å²) in [4.78, 5) is 42.8. The fourth-order valence-corrected chi connectivity index (χ4v) is 5.01. The summed E-state index contributed by atoms with van der Waals surface area (Å²) >= 11 is 5.90. The van der Waals surface area contributed by atoms with E-state index >= 15 is 0 Å². The first-order valence-electron chi connectivity index (χ1n) is 12.2. The van der Waals surface area contributed by atoms with Crippen molar-refractivity contribution in [2.45, 2.75) is 63.6 Å². The maximum Gasteiger partial charge on any atom is 0.411 e. The summed E-state index contributed by atoms with van der Waals surface area (Å²) in [5, 5.41) is 6.19. The number of ketones is 1. The zero-order valence-corrected chi connectivity index (χ0v) is 21.3. The highest BCUT2D eigenvalue weighted by molar-refractivity contribution is 6.28. The standard InChI is InChI=1S/C25H35ClN4O5/c1-25(2,3)35-24(33)30-12-11-29(17-7-5-4-6-8-17)15-19(30)22(32)28-18(20(31)14-26)13-16-9-10-27-23-21(16)34-23/h4-8,16,18-19,21,23,27H,9-15H2,1-3H3,(H,28,32)/t16-,18-,19-,21?,23?/m0/s1. The van der Waals surface area contributed by atoms with Gasteiger partial charge in [0.15, 0.2) is 5.78 Å². The van der Waals surface area contributed by atoms with Gasteiger partial charge in [0.05, 0.1) is 11.9 Å². The molecule has 0 radical (unpaired) electrons. The monoisotopic (exact) mass is 506 g/mol. The summed E-state index contributed by atoms with van der Waals surface area (Å²) in [6.07, 6.45) is 0.877. The Morgan fingerprint density at radius 2 is 1.97 bits per heavy atom. The van der Waals surface area contributed by atoms with Crippen LogP contribution in [0.15, 0.2) is 30.3 Å². The number of carbonyl (C=O) groups excluding carboxylic acids is 3. The van der Waals surface area contributed by atoms with Crippen molar-refractivity contribution in [3.05, 3.63) is 30.3 Å². The number of piperazine rings is 1. The van der Waals surface area contributed by atoms with Crippen LogP contribution in [0.4, 0.5) is 10.5 Å². The Morgan fingerprint density at radius 1 is 1.23 bits per heavy atom. The van der Waals surface area contributed by atoms with Gasteiger partial charge in [-0.15, -0.1) is 11.6 Å². The van der Waals surface area contributed by atoms with E-state index in [1.54, 1.807) is 20.8 Å². The Bertz CT molecular complexity index is 924. The van der Waals surface area contributed by atoms with Crippen LogP contribution in [0.2, 0.25) is 0 Å². The predicted molar refractivity (Wildman–Crippen MR) is 132 cm³/mol. The van der Waals surface area contributed by atoms with Gasteiger partial charge >= 0.3 is 6.09 Å². The number of piperidine rings is 1. The number of nitrogens with one attached hydrogen (secondary N) is 2. The van der Waals surface area contributed by atoms with Gasteiger partial charge in [0.1, 0.15) is 24.0 Å². The topological polar surface area (TPSA) is 104 Å². The minimum Gasteiger partial charge on any atom is -0.444 e. The molecular formula is C25H35ClN4O5. The van der Waals surface area contributed by atoms with Gasteiger partial charge in [0.25, 0.3) is 0 Å². The van der Waals surface area contributed by atoms with E-state index in [1.165, 1.54) is 4.90 Å². The predicted octanol–water partition coefficient (Wildman–Crippen LogP) is 2.13. The molecule has 2 N–H and O–H groups in total. The Labute approximate surface area is 211 Å². The summed E-state index contributed by atoms with van der Waals surface area (Å²) in [7, 11) is 0. The maximum absolute atomic E-state index is 13.6. The number of alkyl halides is 1. The molecule has 9 nitrogen and oxygen atoms in total. The summed E-state index contributed by atoms with van der Waals surface area (Å²) < 4.78 is 11.2. The molecule has 0 bridgehead atoms. The molecule has 2 amide bonds. The van der Waals surface area contributed by atoms with E-state index in [1.807, 2.05) is 30.3 Å². The van der Waals surface area contributed by atoms with Gasteiger partial charge < -0.3 is 19.7 Å². The van der Waals surface area contributed by atoms with Gasteiger partial charge in [0, 0.05) is 25.3 Å². The number of benzene rings is 1. The first-order valence-corrected chi connectivity index (χ1v) is 12.8. The van der Waals surface area contributed by atoms with Gasteiger partial charge in [-0.05, 0) is 58.2 Å². The lowest BCUT2D eigenvalue weighted by Crippen LogP contribution is -2.63. The molecule has 35 heavy (non-hydrogen) atoms. The normalized spacial score (nSPS) is 27.0. The van der Waals surface area contributed by atoms with Crippen LogP contribution in [0.3, 0.4) is 0 Å². The molecule has 0 aliphatic carbocycles. The van der Waals surface area contributed by atoms with Crippen LogP contribution in [-0.2, 0) is 19.1 Å². The van der Waals surface area contributed by atoms with Crippen LogP contribution in [0.5, 0.6) is 0 Å². The second-order valence-electron chi connectivity index (χ2n) is 10.4. The third-order valence-electron chi connectivity index (χ3n) is 6.66. The van der Waals surface area contributed by atoms with Gasteiger partial charge in [-0.25, -0.2) is 4.79 Å². The SMILES string of the molecule is CC(C)(C)OC(=O)N1CCN(c2ccccc2)C[C@H]1C(=O)N[C@@H](C[C@@H]1CCNC2OC21)C(=O)CCl. The molecule has 3 fully saturated rings. The molecule has 0 saturated carbocycles. The number of nitrogens with zero attached hydrogens (tertiary/aromatic N) is 2. The van der Waals surface area contributed by atoms with E-state index in [-0.39, 0.29) is 42.4 Å². The van der Waals surface area contributed by atoms with Crippen LogP contribution < -0.4 is 15.5 Å². The second kappa shape index (κ2) is 10.7. The van der Waals surface area contributed by atoms with Crippen molar-refractivity contribution in [2.24, 2.45) is 5.92 Å². The van der Waals surface area contributed by atoms with Gasteiger partial charge in [0.2, 0.25) is 5.91 Å². The Morgan fingerprint density at radius 3 is 2.66 bits per heavy atom. The van der Waals surface area contributed by atoms with Gasteiger partial charge in [-0.2, -0.15) is 0 Å². The molecule has 3 aliphatic rings. The van der Waals surface area contributed by atoms with Crippen molar-refractivity contribution in [1.82, 2.24) is 15.5 Å². The number of epoxide rings is 1. The number of carbonyl (C=O) groups is 3. The number of Topliss-reactive ketones (excluding diaryl/α,β-unsaturated/α-hetero) is 1. The van der Waals surface area contributed by atoms with Crippen LogP contribution in [0, 0.1) is 5.92 Å². The minimum atomic E-state index is -0.817. The molecule has 192 valence electrons. The number of ether oxygens (including phenoxy) is 2. The van der Waals surface area contributed by atoms with Crippen LogP contribution in [0.25, 0.3) is 0 Å². The lowest BCUT2D eigenvalue weighted by atomic mass is 9.89. The largest absolute Gasteiger partial charge is 0.444 e. The summed E-state index contributed by atoms with van der Waals surface area (Å²) in [6.45, 7) is 7.36. The molecule has 2 unspecified atom stereocenters. The average Bonchev–Trinajstić information content (AvgIpc) is 3.63. The third-order valence-corrected chi connectivity index (χ3v) is 6.92. The quantitative estimate of drug-likeness (QED) is 0.431. The number of rotatable bonds is 7. The molecule has 3 aliphatic heterocycles. The van der Waals surface area contributed by atoms with Crippen molar-refractivity contribution < 1.29 is 23.9 Å². The van der Waals surface area contributed by atoms with E-state index in [4.69, 9.17) is 21.1 Å². The highest BCUT2D eigenvalue weighted by Crippen LogP contribution is 2.36. The number of hydrogen-bond donors (Lipinski definition) is 2. The van der Waals surface area contributed by atoms with E-state index < -0.39 is 23.8 Å². The van der Waals surface area contributed by atoms with Crippen molar-refractivity contribution in [3.63, 3.8) is 0 Å². The van der Waals surface area contributed by atoms with E-state index in [2.05, 4.69) is 15.5 Å². The average molecular weight is 507 g/mol. The number of halogens is 1. The molecule has 0 aromatic heterocycles. The summed E-state index contributed by atoms with van der Waals surface area (Å²) in [6, 6.07) is 8.20. The minimum absolute atomic E-state index is 0.0386. The second-order valence-corrected chi connectivity index (χ2v) is 10.7. The van der Waals surface area contributed by atoms with Crippen molar-refractivity contribution in [1.29, 1.82) is 0 Å². The Hall–Kier alpha value is -2.36. The molecule has 4 rings (SSSR count). The first kappa shape index (κ1) is 25.7. The van der Waals surface area contributed by atoms with Crippen molar-refractivity contribution in [3.8, 4) is 0 Å². The number of amides is 2. The van der Waals surface area contributed by atoms with E-state index in [0.717, 1.165) is 18.7 Å². The zero-order chi connectivity index (χ0) is 25.2. The molecule has 3 saturated heterocycles. The number of anilines is 1. The number of fused-ring (bicyclic) bond motifs is 1. The molecular weight excluding hydrogens is 472 g/mol. The molecule has 1 aromatic carbocycles. The van der Waals surface area contributed by atoms with Crippen LogP contribution >= 0.6 is 11.6 Å². The van der Waals surface area contributed by atoms with Crippen molar-refractivity contribution >= 4 is 35.1 Å². The van der Waals surface area contributed by atoms with Gasteiger partial charge in [-0.1, -0.05) is 18.2 Å². The van der Waals surface area contributed by atoms with Crippen LogP contribution in [-0.4, -0.2) is 84.8 Å². The summed E-state index contributed by atoms with van der Waals surface area (Å²) in [5.74, 6) is -0.660. The third kappa shape index (κ3) is 6.45. The summed E-state index contributed by atoms with van der Waals surface area (Å²) in [5.41, 5.74) is 0.274. The highest BCUT2D eigenvalue weighted by Gasteiger charge is 2.48. The fourth-order valence-electron chi connectivity index (χ4n) is 4.83. The lowest BCUT2D eigenvalue weighted by Gasteiger charge is -2.42. The Balaban J connectivity index is 1.51. The molecule has 5 atom stereocenters. The van der Waals surface area contributed by atoms with Crippen LogP contribution in [0.1, 0.15) is 33.6 Å². The van der Waals surface area contributed by atoms with E-state index in [0.29, 0.717) is 19.5 Å². The van der Waals surface area contributed by atoms with Crippen molar-refractivity contribution in [2.75, 3.05) is 37.0 Å². The van der Waals surface area contributed by atoms with E-state index in [9.17, 15) is 14.4 Å². The lowest BCUT2D eigenvalue weighted by molar-refractivity contribution is -0.131. The maximum atomic E-state index is 13.6. The number of hydrogen-bond acceptors (Lipinski definition) is 7. The number of para-hydroxylation sites is 1. The fraction of sp³-hybridized carbons (Fsp3) is 0.640. The smallest absolute Gasteiger partial charge is 0.411 e. The highest BCUT2D eigenvalue weighted by atomic mass is 35.5. The molecule has 1 aromatic rings. The molecule has 3 heterocycles. The zero-order valence-electron chi connectivity index (χ0n) is 20.5. The van der Waals surface area contributed by atoms with Gasteiger partial charge in [-0.3, -0.25) is 19.8 Å². The molecule has 0 spiro atoms. The first-order chi connectivity index (χ1) is 16.7. The molecule has 10 heteroatoms.